The maximum atomic E-state index is 12.6. The summed E-state index contributed by atoms with van der Waals surface area (Å²) in [5.41, 5.74) is -0.977. The molecule has 17 heavy (non-hydrogen) atoms. The van der Waals surface area contributed by atoms with Crippen LogP contribution in [-0.4, -0.2) is 29.7 Å². The van der Waals surface area contributed by atoms with Gasteiger partial charge in [0.05, 0.1) is 6.61 Å². The van der Waals surface area contributed by atoms with Crippen LogP contribution in [0.25, 0.3) is 0 Å². The third-order valence-electron chi connectivity index (χ3n) is 2.49. The predicted octanol–water partition coefficient (Wildman–Crippen LogP) is 3.75. The Morgan fingerprint density at radius 1 is 1.18 bits per heavy atom. The van der Waals surface area contributed by atoms with Gasteiger partial charge in [-0.2, -0.15) is 0 Å². The van der Waals surface area contributed by atoms with Crippen molar-refractivity contribution in [3.8, 4) is 0 Å². The smallest absolute Gasteiger partial charge is 0.219 e. The Hall–Kier alpha value is 0.110. The fourth-order valence-corrected chi connectivity index (χ4v) is 4.73. The summed E-state index contributed by atoms with van der Waals surface area (Å²) < 4.78 is 17.9. The van der Waals surface area contributed by atoms with Crippen molar-refractivity contribution in [3.63, 3.8) is 0 Å². The monoisotopic (exact) mass is 264 g/mol. The number of rotatable bonds is 4. The largest absolute Gasteiger partial charge is 0.328 e. The van der Waals surface area contributed by atoms with Crippen LogP contribution in [0.5, 0.6) is 0 Å². The van der Waals surface area contributed by atoms with Crippen molar-refractivity contribution in [1.82, 2.24) is 5.06 Å². The van der Waals surface area contributed by atoms with Gasteiger partial charge in [0.1, 0.15) is 5.78 Å². The highest BCUT2D eigenvalue weighted by Crippen LogP contribution is 2.56. The van der Waals surface area contributed by atoms with Crippen molar-refractivity contribution < 1.29 is 14.3 Å². The van der Waals surface area contributed by atoms with E-state index in [9.17, 15) is 9.77 Å². The average molecular weight is 264 g/mol. The molecule has 0 bridgehead atoms. The molecule has 0 amide bonds. The van der Waals surface area contributed by atoms with E-state index in [4.69, 9.17) is 4.52 Å². The molecule has 2 unspecified atom stereocenters. The lowest BCUT2D eigenvalue weighted by Gasteiger charge is -2.43. The zero-order chi connectivity index (χ0) is 14.1. The molecule has 103 valence electrons. The zero-order valence-electron chi connectivity index (χ0n) is 12.4. The maximum Gasteiger partial charge on any atom is 0.219 e. The molecular weight excluding hydrogens is 237 g/mol. The minimum atomic E-state index is -2.96. The average Bonchev–Trinajstić information content (AvgIpc) is 1.97. The number of hydroxylamine groups is 2. The van der Waals surface area contributed by atoms with Crippen molar-refractivity contribution in [2.75, 3.05) is 13.3 Å². The Bertz CT molecular complexity index is 291. The molecule has 0 saturated carbocycles. The molecular formula is C12H27NO3P. The summed E-state index contributed by atoms with van der Waals surface area (Å²) in [7, 11) is -2.96. The molecule has 0 heterocycles. The van der Waals surface area contributed by atoms with Crippen molar-refractivity contribution in [3.05, 3.63) is 0 Å². The topological polar surface area (TPSA) is 49.4 Å². The summed E-state index contributed by atoms with van der Waals surface area (Å²) in [5.74, 6) is -0.630. The van der Waals surface area contributed by atoms with Gasteiger partial charge in [0.2, 0.25) is 7.37 Å². The number of nitrogens with zero attached hydrogens (tertiary/aromatic N) is 1. The molecule has 5 heteroatoms. The predicted molar refractivity (Wildman–Crippen MR) is 70.7 cm³/mol. The van der Waals surface area contributed by atoms with E-state index >= 15 is 0 Å². The third-order valence-corrected chi connectivity index (χ3v) is 5.13. The Morgan fingerprint density at radius 2 is 1.59 bits per heavy atom. The van der Waals surface area contributed by atoms with Crippen molar-refractivity contribution in [1.29, 1.82) is 0 Å². The first-order chi connectivity index (χ1) is 7.34. The van der Waals surface area contributed by atoms with E-state index in [2.05, 4.69) is 0 Å². The maximum absolute atomic E-state index is 12.6. The lowest BCUT2D eigenvalue weighted by molar-refractivity contribution is -0.239. The standard InChI is InChI=1S/C12H27NO3P/c1-9-16-17(8,15)10(11(2,3)4)13(14)12(5,6)7/h10H,9H2,1-8H3. The molecule has 0 rings (SSSR count). The Kier molecular flexibility index (Phi) is 5.43. The summed E-state index contributed by atoms with van der Waals surface area (Å²) in [6.45, 7) is 14.9. The molecule has 0 spiro atoms. The van der Waals surface area contributed by atoms with E-state index in [1.54, 1.807) is 13.6 Å². The van der Waals surface area contributed by atoms with Crippen molar-refractivity contribution in [2.45, 2.75) is 59.8 Å². The van der Waals surface area contributed by atoms with Gasteiger partial charge in [-0.15, -0.1) is 10.3 Å². The summed E-state index contributed by atoms with van der Waals surface area (Å²) >= 11 is 0. The lowest BCUT2D eigenvalue weighted by Crippen LogP contribution is -2.50. The molecule has 0 aromatic carbocycles. The van der Waals surface area contributed by atoms with Gasteiger partial charge in [-0.3, -0.25) is 4.57 Å². The molecule has 0 aromatic heterocycles. The summed E-state index contributed by atoms with van der Waals surface area (Å²) in [6, 6.07) is 0. The third kappa shape index (κ3) is 4.70. The normalized spacial score (nSPS) is 19.2. The molecule has 0 N–H and O–H groups in total. The van der Waals surface area contributed by atoms with Crippen LogP contribution in [0.2, 0.25) is 0 Å². The molecule has 0 saturated heterocycles. The highest BCUT2D eigenvalue weighted by molar-refractivity contribution is 7.58. The molecule has 0 aliphatic carbocycles. The van der Waals surface area contributed by atoms with Crippen LogP contribution < -0.4 is 0 Å². The van der Waals surface area contributed by atoms with Gasteiger partial charge in [0.15, 0.2) is 0 Å². The molecule has 4 nitrogen and oxygen atoms in total. The summed E-state index contributed by atoms with van der Waals surface area (Å²) in [5, 5.41) is 13.3. The van der Waals surface area contributed by atoms with Gasteiger partial charge in [-0.25, -0.2) is 0 Å². The van der Waals surface area contributed by atoms with Crippen LogP contribution in [-0.2, 0) is 14.3 Å². The van der Waals surface area contributed by atoms with E-state index in [1.165, 1.54) is 0 Å². The van der Waals surface area contributed by atoms with Gasteiger partial charge in [0, 0.05) is 12.2 Å². The summed E-state index contributed by atoms with van der Waals surface area (Å²) in [6.07, 6.45) is 0. The van der Waals surface area contributed by atoms with Gasteiger partial charge in [-0.05, 0) is 33.1 Å². The van der Waals surface area contributed by atoms with Crippen LogP contribution in [0.3, 0.4) is 0 Å². The fourth-order valence-electron chi connectivity index (χ4n) is 1.94. The number of hydrogen-bond donors (Lipinski definition) is 0. The van der Waals surface area contributed by atoms with Crippen molar-refractivity contribution in [2.24, 2.45) is 5.41 Å². The van der Waals surface area contributed by atoms with E-state index in [-0.39, 0.29) is 0 Å². The molecule has 2 atom stereocenters. The van der Waals surface area contributed by atoms with Gasteiger partial charge in [-0.1, -0.05) is 20.8 Å². The fraction of sp³-hybridized carbons (Fsp3) is 1.00. The molecule has 0 fully saturated rings. The minimum Gasteiger partial charge on any atom is -0.328 e. The Morgan fingerprint density at radius 3 is 1.82 bits per heavy atom. The van der Waals surface area contributed by atoms with Gasteiger partial charge < -0.3 is 4.52 Å². The van der Waals surface area contributed by atoms with E-state index in [0.29, 0.717) is 6.61 Å². The second-order valence-electron chi connectivity index (χ2n) is 6.56. The first-order valence-corrected chi connectivity index (χ1v) is 8.16. The van der Waals surface area contributed by atoms with Crippen LogP contribution >= 0.6 is 7.37 Å². The minimum absolute atomic E-state index is 0.359. The Balaban J connectivity index is 5.39. The summed E-state index contributed by atoms with van der Waals surface area (Å²) in [4.78, 5) is 0. The van der Waals surface area contributed by atoms with E-state index < -0.39 is 24.1 Å². The molecule has 0 aromatic rings. The second kappa shape index (κ2) is 5.40. The zero-order valence-corrected chi connectivity index (χ0v) is 13.3. The highest BCUT2D eigenvalue weighted by atomic mass is 31.2. The molecule has 0 aliphatic heterocycles. The first kappa shape index (κ1) is 17.1. The van der Waals surface area contributed by atoms with Crippen LogP contribution in [0.4, 0.5) is 0 Å². The Labute approximate surface area is 106 Å². The quantitative estimate of drug-likeness (QED) is 0.574. The van der Waals surface area contributed by atoms with Gasteiger partial charge in [0.25, 0.3) is 0 Å². The van der Waals surface area contributed by atoms with E-state index in [1.807, 2.05) is 41.5 Å². The van der Waals surface area contributed by atoms with Crippen LogP contribution in [0.1, 0.15) is 48.5 Å². The number of hydrogen-bond acceptors (Lipinski definition) is 3. The van der Waals surface area contributed by atoms with Gasteiger partial charge >= 0.3 is 0 Å². The first-order valence-electron chi connectivity index (χ1n) is 6.02. The molecule has 0 aliphatic rings. The SMILES string of the molecule is CCOP(C)(=O)C(N([O])C(C)(C)C)C(C)(C)C. The van der Waals surface area contributed by atoms with Crippen molar-refractivity contribution >= 4 is 7.37 Å². The van der Waals surface area contributed by atoms with Crippen LogP contribution in [0.15, 0.2) is 0 Å². The van der Waals surface area contributed by atoms with Crippen LogP contribution in [0, 0.1) is 5.41 Å². The lowest BCUT2D eigenvalue weighted by atomic mass is 9.94. The highest BCUT2D eigenvalue weighted by Gasteiger charge is 2.47. The molecule has 1 radical (unpaired) electrons. The van der Waals surface area contributed by atoms with E-state index in [0.717, 1.165) is 5.06 Å². The second-order valence-corrected chi connectivity index (χ2v) is 9.13.